The minimum atomic E-state index is 0.615. The van der Waals surface area contributed by atoms with E-state index in [1.54, 1.807) is 0 Å². The smallest absolute Gasteiger partial charge is 0.164 e. The molecule has 0 spiro atoms. The van der Waals surface area contributed by atoms with E-state index < -0.39 is 0 Å². The van der Waals surface area contributed by atoms with Gasteiger partial charge in [0.05, 0.1) is 11.0 Å². The standard InChI is InChI=1S/C43H27N5/c1-3-9-29(10-4-1)41-46-42(30-11-5-2-6-12-30)48-43(47-41)37-26-35(25-36(27-37)32-18-20-39-34(24-32)14-8-21-44-39)31-17-19-38-33(23-31)16-15-28-13-7-22-45-40(28)38/h1-27H. The van der Waals surface area contributed by atoms with Crippen LogP contribution in [-0.4, -0.2) is 24.9 Å². The van der Waals surface area contributed by atoms with Crippen molar-refractivity contribution in [1.29, 1.82) is 0 Å². The van der Waals surface area contributed by atoms with Gasteiger partial charge >= 0.3 is 0 Å². The first-order chi connectivity index (χ1) is 23.7. The number of rotatable bonds is 5. The second kappa shape index (κ2) is 11.6. The first-order valence-electron chi connectivity index (χ1n) is 15.9. The van der Waals surface area contributed by atoms with Crippen LogP contribution in [0, 0.1) is 0 Å². The Balaban J connectivity index is 1.27. The fourth-order valence-electron chi connectivity index (χ4n) is 6.34. The van der Waals surface area contributed by atoms with Gasteiger partial charge < -0.3 is 0 Å². The highest BCUT2D eigenvalue weighted by molar-refractivity contribution is 6.06. The van der Waals surface area contributed by atoms with Crippen molar-refractivity contribution in [2.45, 2.75) is 0 Å². The fraction of sp³-hybridized carbons (Fsp3) is 0. The maximum Gasteiger partial charge on any atom is 0.164 e. The SMILES string of the molecule is c1ccc(-c2nc(-c3ccccc3)nc(-c3cc(-c4ccc5ncccc5c4)cc(-c4ccc5c(ccc6cccnc65)c4)c3)n2)cc1. The average Bonchev–Trinajstić information content (AvgIpc) is 3.17. The molecule has 3 heterocycles. The lowest BCUT2D eigenvalue weighted by atomic mass is 9.93. The zero-order chi connectivity index (χ0) is 31.9. The summed E-state index contributed by atoms with van der Waals surface area (Å²) in [6.45, 7) is 0. The number of pyridine rings is 2. The highest BCUT2D eigenvalue weighted by Crippen LogP contribution is 2.36. The van der Waals surface area contributed by atoms with Crippen LogP contribution in [0.25, 0.3) is 89.0 Å². The third-order valence-electron chi connectivity index (χ3n) is 8.75. The summed E-state index contributed by atoms with van der Waals surface area (Å²) < 4.78 is 0. The zero-order valence-electron chi connectivity index (χ0n) is 25.8. The highest BCUT2D eigenvalue weighted by atomic mass is 15.0. The number of hydrogen-bond acceptors (Lipinski definition) is 5. The molecule has 3 aromatic heterocycles. The molecule has 5 heteroatoms. The van der Waals surface area contributed by atoms with Crippen LogP contribution in [0.5, 0.6) is 0 Å². The van der Waals surface area contributed by atoms with Crippen LogP contribution in [0.1, 0.15) is 0 Å². The van der Waals surface area contributed by atoms with Gasteiger partial charge in [0, 0.05) is 45.2 Å². The van der Waals surface area contributed by atoms with Crippen LogP contribution in [0.2, 0.25) is 0 Å². The first-order valence-corrected chi connectivity index (χ1v) is 15.9. The highest BCUT2D eigenvalue weighted by Gasteiger charge is 2.15. The summed E-state index contributed by atoms with van der Waals surface area (Å²) in [5, 5.41) is 4.49. The monoisotopic (exact) mass is 613 g/mol. The van der Waals surface area contributed by atoms with Crippen molar-refractivity contribution in [3.63, 3.8) is 0 Å². The number of hydrogen-bond donors (Lipinski definition) is 0. The van der Waals surface area contributed by atoms with Gasteiger partial charge in [-0.2, -0.15) is 0 Å². The molecule has 9 aromatic rings. The molecule has 0 aliphatic carbocycles. The summed E-state index contributed by atoms with van der Waals surface area (Å²) in [5.41, 5.74) is 9.08. The third-order valence-corrected chi connectivity index (χ3v) is 8.75. The largest absolute Gasteiger partial charge is 0.256 e. The number of aromatic nitrogens is 5. The Labute approximate surface area is 277 Å². The molecular weight excluding hydrogens is 587 g/mol. The van der Waals surface area contributed by atoms with E-state index in [1.807, 2.05) is 85.2 Å². The van der Waals surface area contributed by atoms with Gasteiger partial charge in [-0.1, -0.05) is 103 Å². The zero-order valence-corrected chi connectivity index (χ0v) is 25.8. The van der Waals surface area contributed by atoms with E-state index in [2.05, 4.69) is 88.8 Å². The Morgan fingerprint density at radius 1 is 0.312 bits per heavy atom. The van der Waals surface area contributed by atoms with Gasteiger partial charge in [-0.3, -0.25) is 9.97 Å². The van der Waals surface area contributed by atoms with Crippen LogP contribution >= 0.6 is 0 Å². The van der Waals surface area contributed by atoms with E-state index in [0.29, 0.717) is 17.5 Å². The molecule has 0 saturated heterocycles. The van der Waals surface area contributed by atoms with Gasteiger partial charge in [0.2, 0.25) is 0 Å². The van der Waals surface area contributed by atoms with Crippen LogP contribution in [0.15, 0.2) is 164 Å². The molecule has 0 aliphatic rings. The second-order valence-electron chi connectivity index (χ2n) is 11.8. The number of nitrogens with zero attached hydrogens (tertiary/aromatic N) is 5. The van der Waals surface area contributed by atoms with E-state index in [-0.39, 0.29) is 0 Å². The molecule has 0 aliphatic heterocycles. The fourth-order valence-corrected chi connectivity index (χ4v) is 6.34. The van der Waals surface area contributed by atoms with Crippen molar-refractivity contribution in [3.8, 4) is 56.4 Å². The molecule has 0 saturated carbocycles. The molecule has 0 radical (unpaired) electrons. The lowest BCUT2D eigenvalue weighted by molar-refractivity contribution is 1.07. The molecule has 48 heavy (non-hydrogen) atoms. The topological polar surface area (TPSA) is 64.5 Å². The molecule has 0 amide bonds. The molecule has 0 fully saturated rings. The summed E-state index contributed by atoms with van der Waals surface area (Å²) in [5.74, 6) is 1.88. The van der Waals surface area contributed by atoms with Crippen molar-refractivity contribution in [1.82, 2.24) is 24.9 Å². The summed E-state index contributed by atoms with van der Waals surface area (Å²) in [6, 6.07) is 52.3. The number of benzene rings is 6. The predicted octanol–water partition coefficient (Wildman–Crippen LogP) is 10.5. The lowest BCUT2D eigenvalue weighted by Crippen LogP contribution is -2.00. The minimum Gasteiger partial charge on any atom is -0.256 e. The Morgan fingerprint density at radius 3 is 1.54 bits per heavy atom. The van der Waals surface area contributed by atoms with Crippen LogP contribution in [-0.2, 0) is 0 Å². The summed E-state index contributed by atoms with van der Waals surface area (Å²) in [4.78, 5) is 24.3. The van der Waals surface area contributed by atoms with E-state index >= 15 is 0 Å². The quantitative estimate of drug-likeness (QED) is 0.181. The normalized spacial score (nSPS) is 11.3. The van der Waals surface area contributed by atoms with Crippen molar-refractivity contribution in [2.24, 2.45) is 0 Å². The molecule has 0 N–H and O–H groups in total. The van der Waals surface area contributed by atoms with Gasteiger partial charge in [0.1, 0.15) is 0 Å². The summed E-state index contributed by atoms with van der Waals surface area (Å²) >= 11 is 0. The van der Waals surface area contributed by atoms with Crippen molar-refractivity contribution >= 4 is 32.6 Å². The summed E-state index contributed by atoms with van der Waals surface area (Å²) in [7, 11) is 0. The molecule has 0 bridgehead atoms. The van der Waals surface area contributed by atoms with Gasteiger partial charge in [-0.25, -0.2) is 15.0 Å². The maximum atomic E-state index is 5.06. The predicted molar refractivity (Wildman–Crippen MR) is 195 cm³/mol. The molecule has 0 atom stereocenters. The first kappa shape index (κ1) is 27.7. The van der Waals surface area contributed by atoms with E-state index in [0.717, 1.165) is 71.5 Å². The lowest BCUT2D eigenvalue weighted by Gasteiger charge is -2.13. The Bertz CT molecular complexity index is 2560. The van der Waals surface area contributed by atoms with Gasteiger partial charge in [0.15, 0.2) is 17.5 Å². The van der Waals surface area contributed by atoms with E-state index in [4.69, 9.17) is 15.0 Å². The van der Waals surface area contributed by atoms with E-state index in [1.165, 1.54) is 0 Å². The van der Waals surface area contributed by atoms with Gasteiger partial charge in [0.25, 0.3) is 0 Å². The molecule has 6 aromatic carbocycles. The van der Waals surface area contributed by atoms with Gasteiger partial charge in [-0.05, 0) is 76.2 Å². The van der Waals surface area contributed by atoms with Crippen molar-refractivity contribution in [3.05, 3.63) is 164 Å². The maximum absolute atomic E-state index is 5.06. The second-order valence-corrected chi connectivity index (χ2v) is 11.8. The van der Waals surface area contributed by atoms with Crippen molar-refractivity contribution in [2.75, 3.05) is 0 Å². The summed E-state index contributed by atoms with van der Waals surface area (Å²) in [6.07, 6.45) is 3.68. The molecule has 224 valence electrons. The molecular formula is C43H27N5. The average molecular weight is 614 g/mol. The molecule has 5 nitrogen and oxygen atoms in total. The Hall–Kier alpha value is -6.59. The molecule has 0 unspecified atom stereocenters. The third kappa shape index (κ3) is 5.13. The van der Waals surface area contributed by atoms with E-state index in [9.17, 15) is 0 Å². The molecule has 9 rings (SSSR count). The van der Waals surface area contributed by atoms with Crippen LogP contribution in [0.4, 0.5) is 0 Å². The minimum absolute atomic E-state index is 0.615. The number of fused-ring (bicyclic) bond motifs is 4. The van der Waals surface area contributed by atoms with Crippen molar-refractivity contribution < 1.29 is 0 Å². The Kier molecular flexibility index (Phi) is 6.72. The van der Waals surface area contributed by atoms with Crippen LogP contribution < -0.4 is 0 Å². The Morgan fingerprint density at radius 2 is 0.854 bits per heavy atom. The van der Waals surface area contributed by atoms with Gasteiger partial charge in [-0.15, -0.1) is 0 Å². The van der Waals surface area contributed by atoms with Crippen LogP contribution in [0.3, 0.4) is 0 Å².